The number of alkyl halides is 3. The molecule has 4 rings (SSSR count). The van der Waals surface area contributed by atoms with Gasteiger partial charge in [0.2, 0.25) is 0 Å². The summed E-state index contributed by atoms with van der Waals surface area (Å²) in [7, 11) is 0. The number of carbonyl (C=O) groups is 1. The van der Waals surface area contributed by atoms with Crippen molar-refractivity contribution in [1.82, 2.24) is 10.3 Å². The molecule has 1 aromatic heterocycles. The molecule has 1 fully saturated rings. The van der Waals surface area contributed by atoms with E-state index in [1.165, 1.54) is 12.1 Å². The van der Waals surface area contributed by atoms with Gasteiger partial charge in [0.1, 0.15) is 5.82 Å². The summed E-state index contributed by atoms with van der Waals surface area (Å²) in [6.45, 7) is 2.24. The van der Waals surface area contributed by atoms with Gasteiger partial charge in [-0.1, -0.05) is 18.2 Å². The third-order valence-electron chi connectivity index (χ3n) is 5.76. The van der Waals surface area contributed by atoms with E-state index in [0.29, 0.717) is 44.0 Å². The number of nitrogens with zero attached hydrogens (tertiary/aromatic N) is 2. The molecule has 1 aliphatic heterocycles. The van der Waals surface area contributed by atoms with Crippen LogP contribution in [-0.4, -0.2) is 37.1 Å². The molecule has 2 heterocycles. The Kier molecular flexibility index (Phi) is 10.4. The number of hydrogen-bond acceptors (Lipinski definition) is 5. The smallest absolute Gasteiger partial charge is 0.384 e. The van der Waals surface area contributed by atoms with E-state index in [1.807, 2.05) is 12.1 Å². The van der Waals surface area contributed by atoms with Crippen LogP contribution in [0.25, 0.3) is 0 Å². The van der Waals surface area contributed by atoms with Gasteiger partial charge in [-0.15, -0.1) is 24.8 Å². The number of hydrogen-bond donors (Lipinski definition) is 3. The molecule has 1 aliphatic rings. The predicted molar refractivity (Wildman–Crippen MR) is 141 cm³/mol. The second kappa shape index (κ2) is 12.8. The molecule has 11 heteroatoms. The summed E-state index contributed by atoms with van der Waals surface area (Å²) in [6, 6.07) is 14.7. The maximum Gasteiger partial charge on any atom is 0.418 e. The van der Waals surface area contributed by atoms with Gasteiger partial charge in [-0.05, 0) is 60.4 Å². The zero-order valence-corrected chi connectivity index (χ0v) is 21.0. The summed E-state index contributed by atoms with van der Waals surface area (Å²) in [6.07, 6.45) is -1.41. The molecule has 0 spiro atoms. The van der Waals surface area contributed by atoms with Crippen molar-refractivity contribution in [3.63, 3.8) is 0 Å². The Morgan fingerprint density at radius 3 is 2.39 bits per heavy atom. The maximum absolute atomic E-state index is 13.8. The number of aromatic nitrogens is 1. The lowest BCUT2D eigenvalue weighted by molar-refractivity contribution is -0.137. The van der Waals surface area contributed by atoms with Gasteiger partial charge in [-0.3, -0.25) is 4.79 Å². The van der Waals surface area contributed by atoms with Gasteiger partial charge >= 0.3 is 6.18 Å². The van der Waals surface area contributed by atoms with Crippen LogP contribution in [0.4, 0.5) is 30.4 Å². The first-order chi connectivity index (χ1) is 16.3. The highest BCUT2D eigenvalue weighted by atomic mass is 35.5. The van der Waals surface area contributed by atoms with Gasteiger partial charge in [0.05, 0.1) is 5.56 Å². The number of carbonyl (C=O) groups excluding carboxylic acids is 1. The Labute approximate surface area is 220 Å². The van der Waals surface area contributed by atoms with E-state index in [1.54, 1.807) is 35.4 Å². The molecule has 0 radical (unpaired) electrons. The second-order valence-corrected chi connectivity index (χ2v) is 8.21. The highest BCUT2D eigenvalue weighted by Gasteiger charge is 2.35. The van der Waals surface area contributed by atoms with Gasteiger partial charge < -0.3 is 21.3 Å². The summed E-state index contributed by atoms with van der Waals surface area (Å²) in [5.74, 6) is -0.00360. The Morgan fingerprint density at radius 1 is 1.00 bits per heavy atom. The highest BCUT2D eigenvalue weighted by Crippen LogP contribution is 2.38. The second-order valence-electron chi connectivity index (χ2n) is 8.21. The Morgan fingerprint density at radius 2 is 1.72 bits per heavy atom. The molecule has 4 N–H and O–H groups in total. The summed E-state index contributed by atoms with van der Waals surface area (Å²) in [5.41, 5.74) is 7.43. The fourth-order valence-corrected chi connectivity index (χ4v) is 3.97. The molecule has 0 saturated carbocycles. The molecule has 3 aromatic rings. The average molecular weight is 542 g/mol. The maximum atomic E-state index is 13.8. The van der Waals surface area contributed by atoms with Crippen LogP contribution in [0, 0.1) is 0 Å². The Balaban J connectivity index is 0.00000228. The summed E-state index contributed by atoms with van der Waals surface area (Å²) < 4.78 is 41.3. The normalized spacial score (nSPS) is 13.4. The van der Waals surface area contributed by atoms with Crippen LogP contribution in [0.5, 0.6) is 0 Å². The molecule has 0 atom stereocenters. The molecule has 1 amide bonds. The fraction of sp³-hybridized carbons (Fsp3) is 0.280. The average Bonchev–Trinajstić information content (AvgIpc) is 2.84. The molecular formula is C25H28Cl2F3N5O. The highest BCUT2D eigenvalue weighted by molar-refractivity contribution is 6.04. The number of nitrogens with two attached hydrogens (primary N) is 1. The lowest BCUT2D eigenvalue weighted by Gasteiger charge is -2.31. The number of amides is 1. The van der Waals surface area contributed by atoms with Crippen molar-refractivity contribution in [2.75, 3.05) is 42.1 Å². The molecule has 194 valence electrons. The molecule has 0 bridgehead atoms. The Hall–Kier alpha value is -3.01. The SMILES string of the molecule is Cl.Cl.Nc1ccc(CCc2cccc(C(=O)Nc3ccc(N4CCNCC4)c(C(F)(F)F)c3)c2)cn1. The van der Waals surface area contributed by atoms with Crippen molar-refractivity contribution in [2.24, 2.45) is 0 Å². The molecule has 0 aliphatic carbocycles. The van der Waals surface area contributed by atoms with Crippen LogP contribution in [0.3, 0.4) is 0 Å². The zero-order chi connectivity index (χ0) is 24.1. The third-order valence-corrected chi connectivity index (χ3v) is 5.76. The standard InChI is InChI=1S/C25H26F3N5O.2ClH/c26-25(27,28)21-15-20(7-8-22(21)33-12-10-30-11-13-33)32-24(34)19-3-1-2-17(14-19)4-5-18-6-9-23(29)31-16-18;;/h1-3,6-9,14-16,30H,4-5,10-13H2,(H2,29,31)(H,32,34);2*1H. The summed E-state index contributed by atoms with van der Waals surface area (Å²) in [5, 5.41) is 5.75. The summed E-state index contributed by atoms with van der Waals surface area (Å²) in [4.78, 5) is 18.6. The van der Waals surface area contributed by atoms with Gasteiger partial charge in [-0.25, -0.2) is 4.98 Å². The van der Waals surface area contributed by atoms with Gasteiger partial charge in [0, 0.05) is 49.3 Å². The number of nitrogens with one attached hydrogen (secondary N) is 2. The molecule has 6 nitrogen and oxygen atoms in total. The number of benzene rings is 2. The minimum atomic E-state index is -4.53. The van der Waals surface area contributed by atoms with Crippen LogP contribution < -0.4 is 21.3 Å². The van der Waals surface area contributed by atoms with E-state index in [2.05, 4.69) is 15.6 Å². The number of anilines is 3. The number of rotatable bonds is 6. The first-order valence-corrected chi connectivity index (χ1v) is 11.1. The van der Waals surface area contributed by atoms with E-state index in [0.717, 1.165) is 23.6 Å². The Bertz CT molecular complexity index is 1150. The largest absolute Gasteiger partial charge is 0.418 e. The number of piperazine rings is 1. The van der Waals surface area contributed by atoms with E-state index in [-0.39, 0.29) is 36.2 Å². The lowest BCUT2D eigenvalue weighted by atomic mass is 10.0. The van der Waals surface area contributed by atoms with E-state index in [9.17, 15) is 18.0 Å². The van der Waals surface area contributed by atoms with E-state index < -0.39 is 17.6 Å². The molecule has 0 unspecified atom stereocenters. The number of nitrogen functional groups attached to an aromatic ring is 1. The van der Waals surface area contributed by atoms with E-state index >= 15 is 0 Å². The van der Waals surface area contributed by atoms with Crippen molar-refractivity contribution < 1.29 is 18.0 Å². The van der Waals surface area contributed by atoms with Crippen LogP contribution in [0.1, 0.15) is 27.0 Å². The minimum Gasteiger partial charge on any atom is -0.384 e. The molecule has 36 heavy (non-hydrogen) atoms. The monoisotopic (exact) mass is 541 g/mol. The van der Waals surface area contributed by atoms with Gasteiger partial charge in [-0.2, -0.15) is 13.2 Å². The molecule has 1 saturated heterocycles. The molecular weight excluding hydrogens is 514 g/mol. The lowest BCUT2D eigenvalue weighted by Crippen LogP contribution is -2.44. The first-order valence-electron chi connectivity index (χ1n) is 11.1. The van der Waals surface area contributed by atoms with Crippen molar-refractivity contribution in [1.29, 1.82) is 0 Å². The quantitative estimate of drug-likeness (QED) is 0.410. The van der Waals surface area contributed by atoms with Crippen LogP contribution >= 0.6 is 24.8 Å². The van der Waals surface area contributed by atoms with Crippen LogP contribution in [0.15, 0.2) is 60.8 Å². The van der Waals surface area contributed by atoms with Crippen LogP contribution in [-0.2, 0) is 19.0 Å². The van der Waals surface area contributed by atoms with Crippen molar-refractivity contribution >= 4 is 47.9 Å². The van der Waals surface area contributed by atoms with Crippen molar-refractivity contribution in [2.45, 2.75) is 19.0 Å². The van der Waals surface area contributed by atoms with Crippen molar-refractivity contribution in [3.8, 4) is 0 Å². The number of halogens is 5. The van der Waals surface area contributed by atoms with E-state index in [4.69, 9.17) is 5.73 Å². The predicted octanol–water partition coefficient (Wildman–Crippen LogP) is 4.97. The first kappa shape index (κ1) is 29.2. The summed E-state index contributed by atoms with van der Waals surface area (Å²) >= 11 is 0. The van der Waals surface area contributed by atoms with Crippen LogP contribution in [0.2, 0.25) is 0 Å². The van der Waals surface area contributed by atoms with Gasteiger partial charge in [0.15, 0.2) is 0 Å². The number of aryl methyl sites for hydroxylation is 2. The third kappa shape index (κ3) is 7.49. The zero-order valence-electron chi connectivity index (χ0n) is 19.3. The molecule has 2 aromatic carbocycles. The van der Waals surface area contributed by atoms with Crippen molar-refractivity contribution in [3.05, 3.63) is 83.0 Å². The minimum absolute atomic E-state index is 0. The fourth-order valence-electron chi connectivity index (χ4n) is 3.97. The van der Waals surface area contributed by atoms with Gasteiger partial charge in [0.25, 0.3) is 5.91 Å². The topological polar surface area (TPSA) is 83.3 Å². The number of pyridine rings is 1.